The van der Waals surface area contributed by atoms with Gasteiger partial charge in [0.1, 0.15) is 0 Å². The number of hydrogen-bond acceptors (Lipinski definition) is 7. The average Bonchev–Trinajstić information content (AvgIpc) is 3.37. The normalized spacial score (nSPS) is 11.9. The first kappa shape index (κ1) is 22.5. The molecule has 0 saturated heterocycles. The Morgan fingerprint density at radius 3 is 2.52 bits per heavy atom. The van der Waals surface area contributed by atoms with E-state index in [0.29, 0.717) is 23.3 Å². The van der Waals surface area contributed by atoms with Crippen LogP contribution in [0.2, 0.25) is 0 Å². The Bertz CT molecular complexity index is 1420. The standard InChI is InChI=1S/C23H25N5O4S/c1-15(2)33(30,31)28-19-13-17(9-10-18(19)26-23(28)24)22-21(16-7-5-4-6-8-16)25-14-27(22)12-11-20(29)32-3/h4-10,13-15H,11-12H2,1-3H3,(H2,24,26). The maximum atomic E-state index is 13.0. The lowest BCUT2D eigenvalue weighted by Gasteiger charge is -2.13. The Kier molecular flexibility index (Phi) is 5.94. The van der Waals surface area contributed by atoms with Crippen LogP contribution in [-0.4, -0.2) is 45.3 Å². The Labute approximate surface area is 191 Å². The third-order valence-electron chi connectivity index (χ3n) is 5.43. The van der Waals surface area contributed by atoms with Gasteiger partial charge in [0.05, 0.1) is 47.5 Å². The molecule has 2 aromatic heterocycles. The molecule has 2 heterocycles. The number of esters is 1. The topological polar surface area (TPSA) is 122 Å². The molecule has 33 heavy (non-hydrogen) atoms. The summed E-state index contributed by atoms with van der Waals surface area (Å²) in [4.78, 5) is 20.6. The molecule has 0 saturated carbocycles. The van der Waals surface area contributed by atoms with Crippen LogP contribution in [0, 0.1) is 0 Å². The predicted octanol–water partition coefficient (Wildman–Crippen LogP) is 3.30. The van der Waals surface area contributed by atoms with Crippen LogP contribution >= 0.6 is 0 Å². The van der Waals surface area contributed by atoms with Gasteiger partial charge in [0.25, 0.3) is 0 Å². The molecule has 0 bridgehead atoms. The Balaban J connectivity index is 1.93. The van der Waals surface area contributed by atoms with E-state index in [-0.39, 0.29) is 18.3 Å². The molecule has 2 aromatic carbocycles. The molecule has 0 radical (unpaired) electrons. The number of methoxy groups -OCH3 is 1. The van der Waals surface area contributed by atoms with Gasteiger partial charge in [-0.25, -0.2) is 22.4 Å². The van der Waals surface area contributed by atoms with E-state index in [1.807, 2.05) is 41.0 Å². The van der Waals surface area contributed by atoms with E-state index < -0.39 is 15.3 Å². The van der Waals surface area contributed by atoms with Gasteiger partial charge in [-0.1, -0.05) is 36.4 Å². The number of nitrogen functional groups attached to an aromatic ring is 1. The highest BCUT2D eigenvalue weighted by molar-refractivity contribution is 7.90. The monoisotopic (exact) mass is 467 g/mol. The van der Waals surface area contributed by atoms with Crippen molar-refractivity contribution in [3.05, 3.63) is 54.9 Å². The van der Waals surface area contributed by atoms with Crippen molar-refractivity contribution >= 4 is 33.0 Å². The molecule has 0 atom stereocenters. The molecule has 10 heteroatoms. The first-order valence-electron chi connectivity index (χ1n) is 10.4. The van der Waals surface area contributed by atoms with Gasteiger partial charge in [0.2, 0.25) is 16.0 Å². The van der Waals surface area contributed by atoms with E-state index in [4.69, 9.17) is 10.5 Å². The van der Waals surface area contributed by atoms with Crippen LogP contribution in [0.1, 0.15) is 20.3 Å². The van der Waals surface area contributed by atoms with Crippen LogP contribution < -0.4 is 5.73 Å². The van der Waals surface area contributed by atoms with E-state index in [1.54, 1.807) is 32.3 Å². The Morgan fingerprint density at radius 1 is 1.12 bits per heavy atom. The zero-order valence-corrected chi connectivity index (χ0v) is 19.4. The Morgan fingerprint density at radius 2 is 1.85 bits per heavy atom. The number of hydrogen-bond donors (Lipinski definition) is 1. The highest BCUT2D eigenvalue weighted by atomic mass is 32.2. The van der Waals surface area contributed by atoms with Crippen molar-refractivity contribution < 1.29 is 17.9 Å². The second-order valence-corrected chi connectivity index (χ2v) is 10.2. The number of aryl methyl sites for hydroxylation is 1. The molecule has 0 aliphatic rings. The smallest absolute Gasteiger partial charge is 0.307 e. The second kappa shape index (κ2) is 8.70. The largest absolute Gasteiger partial charge is 0.469 e. The number of carbonyl (C=O) groups excluding carboxylic acids is 1. The number of nitrogens with two attached hydrogens (primary N) is 1. The number of carbonyl (C=O) groups is 1. The zero-order chi connectivity index (χ0) is 23.8. The lowest BCUT2D eigenvalue weighted by atomic mass is 10.0. The number of ether oxygens (including phenoxy) is 1. The van der Waals surface area contributed by atoms with Crippen molar-refractivity contribution in [2.45, 2.75) is 32.1 Å². The van der Waals surface area contributed by atoms with Crippen molar-refractivity contribution in [2.75, 3.05) is 12.8 Å². The van der Waals surface area contributed by atoms with E-state index in [2.05, 4.69) is 9.97 Å². The van der Waals surface area contributed by atoms with E-state index in [9.17, 15) is 13.2 Å². The van der Waals surface area contributed by atoms with Crippen molar-refractivity contribution in [2.24, 2.45) is 0 Å². The van der Waals surface area contributed by atoms with Crippen molar-refractivity contribution in [1.82, 2.24) is 18.5 Å². The number of aromatic nitrogens is 4. The fourth-order valence-electron chi connectivity index (χ4n) is 3.67. The second-order valence-electron chi connectivity index (χ2n) is 7.86. The molecule has 2 N–H and O–H groups in total. The summed E-state index contributed by atoms with van der Waals surface area (Å²) in [5.74, 6) is -0.418. The zero-order valence-electron chi connectivity index (χ0n) is 18.6. The van der Waals surface area contributed by atoms with Gasteiger partial charge in [-0.15, -0.1) is 0 Å². The van der Waals surface area contributed by atoms with Gasteiger partial charge >= 0.3 is 5.97 Å². The summed E-state index contributed by atoms with van der Waals surface area (Å²) in [5.41, 5.74) is 9.94. The van der Waals surface area contributed by atoms with E-state index >= 15 is 0 Å². The Hall–Kier alpha value is -3.66. The van der Waals surface area contributed by atoms with Gasteiger partial charge in [-0.3, -0.25) is 4.79 Å². The van der Waals surface area contributed by atoms with Gasteiger partial charge < -0.3 is 15.0 Å². The summed E-state index contributed by atoms with van der Waals surface area (Å²) in [6, 6.07) is 15.0. The van der Waals surface area contributed by atoms with Crippen LogP contribution in [0.3, 0.4) is 0 Å². The fourth-order valence-corrected chi connectivity index (χ4v) is 4.82. The maximum absolute atomic E-state index is 13.0. The molecule has 0 aliphatic heterocycles. The third kappa shape index (κ3) is 4.09. The molecule has 4 rings (SSSR count). The SMILES string of the molecule is COC(=O)CCn1cnc(-c2ccccc2)c1-c1ccc2nc(N)n(S(=O)(=O)C(C)C)c2c1. The summed E-state index contributed by atoms with van der Waals surface area (Å²) in [5, 5.41) is -0.675. The molecular weight excluding hydrogens is 442 g/mol. The summed E-state index contributed by atoms with van der Waals surface area (Å²) >= 11 is 0. The molecule has 0 spiro atoms. The van der Waals surface area contributed by atoms with Gasteiger partial charge in [0, 0.05) is 17.7 Å². The number of benzene rings is 2. The van der Waals surface area contributed by atoms with Crippen LogP contribution in [0.5, 0.6) is 0 Å². The van der Waals surface area contributed by atoms with Crippen LogP contribution in [0.4, 0.5) is 5.95 Å². The minimum atomic E-state index is -3.73. The minimum Gasteiger partial charge on any atom is -0.469 e. The average molecular weight is 468 g/mol. The summed E-state index contributed by atoms with van der Waals surface area (Å²) in [6.45, 7) is 3.55. The molecular formula is C23H25N5O4S. The molecule has 0 aliphatic carbocycles. The molecule has 4 aromatic rings. The van der Waals surface area contributed by atoms with Gasteiger partial charge in [0.15, 0.2) is 0 Å². The van der Waals surface area contributed by atoms with Crippen molar-refractivity contribution in [3.8, 4) is 22.5 Å². The van der Waals surface area contributed by atoms with Crippen molar-refractivity contribution in [3.63, 3.8) is 0 Å². The van der Waals surface area contributed by atoms with Gasteiger partial charge in [-0.05, 0) is 26.0 Å². The summed E-state index contributed by atoms with van der Waals surface area (Å²) in [7, 11) is -2.38. The third-order valence-corrected chi connectivity index (χ3v) is 7.51. The molecule has 0 amide bonds. The van der Waals surface area contributed by atoms with Crippen molar-refractivity contribution in [1.29, 1.82) is 0 Å². The lowest BCUT2D eigenvalue weighted by Crippen LogP contribution is -2.23. The number of imidazole rings is 2. The number of nitrogens with zero attached hydrogens (tertiary/aromatic N) is 4. The summed E-state index contributed by atoms with van der Waals surface area (Å²) < 4.78 is 33.7. The highest BCUT2D eigenvalue weighted by Crippen LogP contribution is 2.34. The predicted molar refractivity (Wildman–Crippen MR) is 127 cm³/mol. The summed E-state index contributed by atoms with van der Waals surface area (Å²) in [6.07, 6.45) is 1.84. The quantitative estimate of drug-likeness (QED) is 0.414. The van der Waals surface area contributed by atoms with Crippen LogP contribution in [-0.2, 0) is 26.1 Å². The molecule has 9 nitrogen and oxygen atoms in total. The number of fused-ring (bicyclic) bond motifs is 1. The number of anilines is 1. The van der Waals surface area contributed by atoms with Crippen LogP contribution in [0.25, 0.3) is 33.5 Å². The highest BCUT2D eigenvalue weighted by Gasteiger charge is 2.25. The van der Waals surface area contributed by atoms with Gasteiger partial charge in [-0.2, -0.15) is 0 Å². The molecule has 0 fully saturated rings. The fraction of sp³-hybridized carbons (Fsp3) is 0.261. The molecule has 0 unspecified atom stereocenters. The minimum absolute atomic E-state index is 0.0849. The molecule has 172 valence electrons. The lowest BCUT2D eigenvalue weighted by molar-refractivity contribution is -0.140. The first-order valence-corrected chi connectivity index (χ1v) is 11.9. The van der Waals surface area contributed by atoms with E-state index in [1.165, 1.54) is 7.11 Å². The maximum Gasteiger partial charge on any atom is 0.307 e. The van der Waals surface area contributed by atoms with E-state index in [0.717, 1.165) is 20.8 Å². The van der Waals surface area contributed by atoms with Crippen LogP contribution in [0.15, 0.2) is 54.9 Å². The first-order chi connectivity index (χ1) is 15.7. The number of rotatable bonds is 7.